The van der Waals surface area contributed by atoms with Gasteiger partial charge in [-0.2, -0.15) is 0 Å². The van der Waals surface area contributed by atoms with Gasteiger partial charge in [0.1, 0.15) is 0 Å². The van der Waals surface area contributed by atoms with Crippen LogP contribution in [0, 0.1) is 22.7 Å². The van der Waals surface area contributed by atoms with Gasteiger partial charge in [0.2, 0.25) is 0 Å². The molecule has 0 saturated heterocycles. The van der Waals surface area contributed by atoms with Crippen LogP contribution in [0.25, 0.3) is 0 Å². The van der Waals surface area contributed by atoms with E-state index < -0.39 is 5.97 Å². The van der Waals surface area contributed by atoms with E-state index in [0.717, 1.165) is 6.42 Å². The molecule has 0 aromatic carbocycles. The van der Waals surface area contributed by atoms with Crippen LogP contribution in [0.15, 0.2) is 23.8 Å². The minimum absolute atomic E-state index is 0.131. The highest BCUT2D eigenvalue weighted by molar-refractivity contribution is 6.06. The highest BCUT2D eigenvalue weighted by Gasteiger charge is 2.52. The summed E-state index contributed by atoms with van der Waals surface area (Å²) >= 11 is 0. The van der Waals surface area contributed by atoms with Crippen molar-refractivity contribution < 1.29 is 14.7 Å². The highest BCUT2D eigenvalue weighted by Crippen LogP contribution is 2.61. The van der Waals surface area contributed by atoms with Gasteiger partial charge in [-0.05, 0) is 54.8 Å². The lowest BCUT2D eigenvalue weighted by Crippen LogP contribution is -2.49. The smallest absolute Gasteiger partial charge is 0.338 e. The van der Waals surface area contributed by atoms with Crippen molar-refractivity contribution in [1.82, 2.24) is 0 Å². The fourth-order valence-electron chi connectivity index (χ4n) is 5.14. The van der Waals surface area contributed by atoms with E-state index >= 15 is 0 Å². The molecule has 3 heteroatoms. The van der Waals surface area contributed by atoms with Crippen LogP contribution in [0.1, 0.15) is 59.3 Å². The fourth-order valence-corrected chi connectivity index (χ4v) is 5.14. The van der Waals surface area contributed by atoms with E-state index in [4.69, 9.17) is 5.11 Å². The van der Waals surface area contributed by atoms with E-state index in [1.54, 1.807) is 6.08 Å². The molecule has 3 atom stereocenters. The summed E-state index contributed by atoms with van der Waals surface area (Å²) in [5.41, 5.74) is 1.59. The van der Waals surface area contributed by atoms with Gasteiger partial charge >= 0.3 is 5.97 Å². The lowest BCUT2D eigenvalue weighted by molar-refractivity contribution is -0.133. The van der Waals surface area contributed by atoms with Crippen molar-refractivity contribution in [1.29, 1.82) is 0 Å². The Hall–Kier alpha value is -1.38. The Labute approximate surface area is 133 Å². The molecular weight excluding hydrogens is 276 g/mol. The Morgan fingerprint density at radius 2 is 2.05 bits per heavy atom. The van der Waals surface area contributed by atoms with Crippen molar-refractivity contribution in [2.45, 2.75) is 59.3 Å². The van der Waals surface area contributed by atoms with Crippen LogP contribution in [-0.4, -0.2) is 17.4 Å². The molecular formula is C19H28O3. The molecule has 0 aromatic heterocycles. The van der Waals surface area contributed by atoms with Gasteiger partial charge < -0.3 is 5.11 Å². The van der Waals surface area contributed by atoms with E-state index in [1.807, 2.05) is 0 Å². The van der Waals surface area contributed by atoms with Gasteiger partial charge in [-0.3, -0.25) is 4.79 Å². The van der Waals surface area contributed by atoms with Gasteiger partial charge in [0.05, 0.1) is 5.57 Å². The first kappa shape index (κ1) is 17.0. The third-order valence-electron chi connectivity index (χ3n) is 6.27. The number of carboxylic acids is 1. The second kappa shape index (κ2) is 6.02. The topological polar surface area (TPSA) is 54.4 Å². The van der Waals surface area contributed by atoms with Crippen molar-refractivity contribution in [2.75, 3.05) is 0 Å². The molecule has 2 aliphatic rings. The normalized spacial score (nSPS) is 34.9. The zero-order valence-corrected chi connectivity index (χ0v) is 14.0. The Balaban J connectivity index is 2.30. The predicted molar refractivity (Wildman–Crippen MR) is 87.5 cm³/mol. The first-order valence-electron chi connectivity index (χ1n) is 8.28. The quantitative estimate of drug-likeness (QED) is 0.275. The van der Waals surface area contributed by atoms with Crippen molar-refractivity contribution in [3.05, 3.63) is 23.8 Å². The molecule has 2 saturated carbocycles. The summed E-state index contributed by atoms with van der Waals surface area (Å²) in [6.07, 6.45) is 8.50. The molecule has 2 rings (SSSR count). The molecule has 0 bridgehead atoms. The number of aldehydes is 1. The third-order valence-corrected chi connectivity index (χ3v) is 6.27. The summed E-state index contributed by atoms with van der Waals surface area (Å²) < 4.78 is 0. The maximum atomic E-state index is 11.0. The van der Waals surface area contributed by atoms with Crippen molar-refractivity contribution in [3.63, 3.8) is 0 Å². The molecule has 2 fully saturated rings. The number of aliphatic carboxylic acids is 1. The Bertz CT molecular complexity index is 515. The molecule has 3 unspecified atom stereocenters. The zero-order chi connectivity index (χ0) is 16.5. The average molecular weight is 304 g/mol. The third kappa shape index (κ3) is 2.90. The highest BCUT2D eigenvalue weighted by atomic mass is 16.4. The molecule has 0 heterocycles. The fraction of sp³-hybridized carbons (Fsp3) is 0.684. The standard InChI is InChI=1S/C19H28O3/c1-13-6-9-16-18(2,3)10-5-11-19(16,4)15(13)8-7-14(12-20)17(21)22/h7,12,15-16H,1,5-6,8-11H2,2-4H3,(H,21,22). The van der Waals surface area contributed by atoms with Crippen LogP contribution in [-0.2, 0) is 9.59 Å². The Kier molecular flexibility index (Phi) is 4.65. The summed E-state index contributed by atoms with van der Waals surface area (Å²) in [6, 6.07) is 0. The summed E-state index contributed by atoms with van der Waals surface area (Å²) in [7, 11) is 0. The largest absolute Gasteiger partial charge is 0.478 e. The second-order valence-corrected chi connectivity index (χ2v) is 7.97. The van der Waals surface area contributed by atoms with Gasteiger partial charge in [-0.1, -0.05) is 45.4 Å². The maximum absolute atomic E-state index is 11.0. The van der Waals surface area contributed by atoms with E-state index in [9.17, 15) is 9.59 Å². The molecule has 3 nitrogen and oxygen atoms in total. The van der Waals surface area contributed by atoms with Gasteiger partial charge in [0.15, 0.2) is 6.29 Å². The van der Waals surface area contributed by atoms with Crippen LogP contribution in [0.5, 0.6) is 0 Å². The summed E-state index contributed by atoms with van der Waals surface area (Å²) in [6.45, 7) is 11.3. The van der Waals surface area contributed by atoms with Gasteiger partial charge in [-0.25, -0.2) is 4.79 Å². The number of rotatable bonds is 4. The van der Waals surface area contributed by atoms with Crippen LogP contribution in [0.3, 0.4) is 0 Å². The number of hydrogen-bond acceptors (Lipinski definition) is 2. The van der Waals surface area contributed by atoms with Crippen molar-refractivity contribution >= 4 is 12.3 Å². The SMILES string of the molecule is C=C1CCC2C(C)(C)CCCC2(C)C1CC=C(C=O)C(=O)O. The van der Waals surface area contributed by atoms with Crippen LogP contribution >= 0.6 is 0 Å². The van der Waals surface area contributed by atoms with Crippen molar-refractivity contribution in [3.8, 4) is 0 Å². The first-order valence-corrected chi connectivity index (χ1v) is 8.28. The zero-order valence-electron chi connectivity index (χ0n) is 14.0. The van der Waals surface area contributed by atoms with Gasteiger partial charge in [0, 0.05) is 0 Å². The summed E-state index contributed by atoms with van der Waals surface area (Å²) in [5.74, 6) is -0.218. The molecule has 0 amide bonds. The number of carboxylic acid groups (broad SMARTS) is 1. The summed E-state index contributed by atoms with van der Waals surface area (Å²) in [4.78, 5) is 21.9. The van der Waals surface area contributed by atoms with E-state index in [-0.39, 0.29) is 16.9 Å². The molecule has 0 radical (unpaired) electrons. The average Bonchev–Trinajstić information content (AvgIpc) is 2.40. The van der Waals surface area contributed by atoms with Crippen LogP contribution < -0.4 is 0 Å². The Morgan fingerprint density at radius 3 is 2.64 bits per heavy atom. The number of carbonyl (C=O) groups is 2. The molecule has 22 heavy (non-hydrogen) atoms. The number of hydrogen-bond donors (Lipinski definition) is 1. The lowest BCUT2D eigenvalue weighted by atomic mass is 9.47. The van der Waals surface area contributed by atoms with E-state index in [2.05, 4.69) is 27.4 Å². The van der Waals surface area contributed by atoms with Gasteiger partial charge in [0.25, 0.3) is 0 Å². The minimum atomic E-state index is -1.14. The monoisotopic (exact) mass is 304 g/mol. The van der Waals surface area contributed by atoms with Crippen LogP contribution in [0.4, 0.5) is 0 Å². The lowest BCUT2D eigenvalue weighted by Gasteiger charge is -2.58. The molecule has 2 aliphatic carbocycles. The van der Waals surface area contributed by atoms with E-state index in [0.29, 0.717) is 24.0 Å². The molecule has 0 aliphatic heterocycles. The van der Waals surface area contributed by atoms with Crippen molar-refractivity contribution in [2.24, 2.45) is 22.7 Å². The second-order valence-electron chi connectivity index (χ2n) is 7.97. The van der Waals surface area contributed by atoms with Gasteiger partial charge in [-0.15, -0.1) is 0 Å². The molecule has 122 valence electrons. The predicted octanol–water partition coefficient (Wildman–Crippen LogP) is 4.39. The number of fused-ring (bicyclic) bond motifs is 1. The molecule has 0 aromatic rings. The van der Waals surface area contributed by atoms with E-state index in [1.165, 1.54) is 31.3 Å². The minimum Gasteiger partial charge on any atom is -0.478 e. The first-order chi connectivity index (χ1) is 10.2. The summed E-state index contributed by atoms with van der Waals surface area (Å²) in [5, 5.41) is 9.03. The molecule has 0 spiro atoms. The van der Waals surface area contributed by atoms with Crippen LogP contribution in [0.2, 0.25) is 0 Å². The maximum Gasteiger partial charge on any atom is 0.338 e. The number of carbonyl (C=O) groups excluding carboxylic acids is 1. The Morgan fingerprint density at radius 1 is 1.36 bits per heavy atom. The number of allylic oxidation sites excluding steroid dienone is 2. The molecule has 1 N–H and O–H groups in total.